The molecule has 0 radical (unpaired) electrons. The average Bonchev–Trinajstić information content (AvgIpc) is 3.11. The van der Waals surface area contributed by atoms with Gasteiger partial charge in [0.05, 0.1) is 9.09 Å². The van der Waals surface area contributed by atoms with Gasteiger partial charge >= 0.3 is 0 Å². The number of thioether (sulfide) groups is 1. The molecular weight excluding hydrogens is 510 g/mol. The number of allylic oxidation sites excluding steroid dienone is 1. The van der Waals surface area contributed by atoms with Crippen molar-refractivity contribution >= 4 is 46.8 Å². The molecule has 6 nitrogen and oxygen atoms in total. The van der Waals surface area contributed by atoms with Crippen molar-refractivity contribution in [1.82, 2.24) is 14.7 Å². The Kier molecular flexibility index (Phi) is 8.38. The topological polar surface area (TPSA) is 51.5 Å². The summed E-state index contributed by atoms with van der Waals surface area (Å²) in [6, 6.07) is 0.784. The molecule has 0 aromatic carbocycles. The van der Waals surface area contributed by atoms with Crippen molar-refractivity contribution in [2.45, 2.75) is 80.9 Å². The Labute approximate surface area is 236 Å². The first-order valence-electron chi connectivity index (χ1n) is 14.7. The van der Waals surface area contributed by atoms with Crippen LogP contribution in [-0.2, 0) is 6.42 Å². The number of fused-ring (bicyclic) bond motifs is 3. The Bertz CT molecular complexity index is 1150. The van der Waals surface area contributed by atoms with Crippen LogP contribution >= 0.6 is 23.1 Å². The first kappa shape index (κ1) is 26.3. The second-order valence-electron chi connectivity index (χ2n) is 11.3. The minimum absolute atomic E-state index is 0.210. The van der Waals surface area contributed by atoms with Crippen molar-refractivity contribution in [3.8, 4) is 0 Å². The predicted molar refractivity (Wildman–Crippen MR) is 161 cm³/mol. The quantitative estimate of drug-likeness (QED) is 0.427. The van der Waals surface area contributed by atoms with E-state index in [1.54, 1.807) is 23.1 Å². The molecule has 0 N–H and O–H groups in total. The summed E-state index contributed by atoms with van der Waals surface area (Å²) in [6.07, 6.45) is 21.4. The molecule has 38 heavy (non-hydrogen) atoms. The zero-order valence-corrected chi connectivity index (χ0v) is 24.4. The summed E-state index contributed by atoms with van der Waals surface area (Å²) in [7, 11) is 0. The summed E-state index contributed by atoms with van der Waals surface area (Å²) in [5.74, 6) is 1.10. The van der Waals surface area contributed by atoms with Crippen molar-refractivity contribution < 1.29 is 4.79 Å². The average molecular weight is 552 g/mol. The largest absolute Gasteiger partial charge is 0.338 e. The molecule has 1 aromatic rings. The molecule has 1 saturated carbocycles. The SMILES string of the molecule is CSc1sc(C(=O)N2CCC3=CN=C(N4CCN(C5CCCCC5)CC4)N=C(CC2)C3)c2c1C=CCCC2. The van der Waals surface area contributed by atoms with E-state index >= 15 is 0 Å². The van der Waals surface area contributed by atoms with Crippen molar-refractivity contribution in [2.75, 3.05) is 45.5 Å². The molecule has 4 heterocycles. The molecule has 2 aliphatic carbocycles. The maximum Gasteiger partial charge on any atom is 0.264 e. The van der Waals surface area contributed by atoms with E-state index in [0.29, 0.717) is 0 Å². The number of nitrogens with zero attached hydrogens (tertiary/aromatic N) is 5. The number of thiophene rings is 1. The molecule has 2 bridgehead atoms. The maximum atomic E-state index is 13.9. The fourth-order valence-corrected chi connectivity index (χ4v) is 8.68. The number of amides is 1. The van der Waals surface area contributed by atoms with Crippen LogP contribution in [-0.4, -0.2) is 83.8 Å². The summed E-state index contributed by atoms with van der Waals surface area (Å²) < 4.78 is 1.27. The van der Waals surface area contributed by atoms with E-state index in [1.807, 2.05) is 0 Å². The van der Waals surface area contributed by atoms with Crippen molar-refractivity contribution in [3.63, 3.8) is 0 Å². The lowest BCUT2D eigenvalue weighted by atomic mass is 9.94. The molecule has 0 atom stereocenters. The summed E-state index contributed by atoms with van der Waals surface area (Å²) in [5, 5.41) is 0. The summed E-state index contributed by atoms with van der Waals surface area (Å²) in [4.78, 5) is 32.0. The van der Waals surface area contributed by atoms with Crippen LogP contribution in [0.4, 0.5) is 0 Å². The van der Waals surface area contributed by atoms with E-state index in [0.717, 1.165) is 94.7 Å². The van der Waals surface area contributed by atoms with E-state index < -0.39 is 0 Å². The van der Waals surface area contributed by atoms with E-state index in [2.05, 4.69) is 39.3 Å². The van der Waals surface area contributed by atoms with Gasteiger partial charge < -0.3 is 9.80 Å². The van der Waals surface area contributed by atoms with Gasteiger partial charge in [0.2, 0.25) is 5.96 Å². The third-order valence-electron chi connectivity index (χ3n) is 8.88. The fourth-order valence-electron chi connectivity index (χ4n) is 6.64. The lowest BCUT2D eigenvalue weighted by Crippen LogP contribution is -2.52. The molecule has 3 aliphatic heterocycles. The lowest BCUT2D eigenvalue weighted by molar-refractivity contribution is 0.0764. The molecule has 1 amide bonds. The second kappa shape index (κ2) is 12.1. The minimum atomic E-state index is 0.210. The Morgan fingerprint density at radius 1 is 1.00 bits per heavy atom. The highest BCUT2D eigenvalue weighted by Gasteiger charge is 2.29. The van der Waals surface area contributed by atoms with Crippen molar-refractivity contribution in [3.05, 3.63) is 33.9 Å². The van der Waals surface area contributed by atoms with Crippen LogP contribution in [0, 0.1) is 0 Å². The molecule has 3 fully saturated rings. The number of piperazine rings is 1. The molecule has 1 aromatic heterocycles. The van der Waals surface area contributed by atoms with Crippen LogP contribution in [0.1, 0.15) is 85.0 Å². The first-order valence-corrected chi connectivity index (χ1v) is 16.7. The Morgan fingerprint density at radius 3 is 2.63 bits per heavy atom. The van der Waals surface area contributed by atoms with Crippen LogP contribution in [0.3, 0.4) is 0 Å². The Balaban J connectivity index is 1.13. The Hall–Kier alpha value is -1.90. The van der Waals surface area contributed by atoms with Gasteiger partial charge in [-0.05, 0) is 55.9 Å². The zero-order valence-electron chi connectivity index (χ0n) is 22.8. The number of likely N-dealkylation sites (tertiary alicyclic amines) is 1. The number of hydrogen-bond donors (Lipinski definition) is 0. The van der Waals surface area contributed by atoms with E-state index in [1.165, 1.54) is 58.7 Å². The maximum absolute atomic E-state index is 13.9. The zero-order chi connectivity index (χ0) is 25.9. The number of carbonyl (C=O) groups is 1. The van der Waals surface area contributed by atoms with Gasteiger partial charge in [-0.2, -0.15) is 0 Å². The summed E-state index contributed by atoms with van der Waals surface area (Å²) in [6.45, 7) is 5.76. The van der Waals surface area contributed by atoms with Gasteiger partial charge in [-0.3, -0.25) is 9.69 Å². The van der Waals surface area contributed by atoms with Gasteiger partial charge in [0, 0.05) is 75.6 Å². The van der Waals surface area contributed by atoms with Gasteiger partial charge in [-0.15, -0.1) is 23.1 Å². The monoisotopic (exact) mass is 551 g/mol. The van der Waals surface area contributed by atoms with Crippen LogP contribution < -0.4 is 0 Å². The third kappa shape index (κ3) is 5.68. The number of carbonyl (C=O) groups excluding carboxylic acids is 1. The van der Waals surface area contributed by atoms with Gasteiger partial charge in [-0.25, -0.2) is 9.98 Å². The minimum Gasteiger partial charge on any atom is -0.338 e. The van der Waals surface area contributed by atoms with Gasteiger partial charge in [0.15, 0.2) is 0 Å². The van der Waals surface area contributed by atoms with E-state index in [4.69, 9.17) is 9.98 Å². The van der Waals surface area contributed by atoms with Crippen LogP contribution in [0.25, 0.3) is 6.08 Å². The van der Waals surface area contributed by atoms with Crippen LogP contribution in [0.5, 0.6) is 0 Å². The molecule has 5 aliphatic rings. The fraction of sp³-hybridized carbons (Fsp3) is 0.633. The highest BCUT2D eigenvalue weighted by molar-refractivity contribution is 8.00. The van der Waals surface area contributed by atoms with Crippen LogP contribution in [0.15, 0.2) is 32.0 Å². The van der Waals surface area contributed by atoms with Gasteiger partial charge in [0.25, 0.3) is 5.91 Å². The van der Waals surface area contributed by atoms with Crippen molar-refractivity contribution in [2.24, 2.45) is 9.98 Å². The molecule has 0 unspecified atom stereocenters. The first-order chi connectivity index (χ1) is 18.7. The molecule has 8 heteroatoms. The third-order valence-corrected chi connectivity index (χ3v) is 11.2. The highest BCUT2D eigenvalue weighted by atomic mass is 32.2. The Morgan fingerprint density at radius 2 is 1.82 bits per heavy atom. The number of hydrogen-bond acceptors (Lipinski definition) is 7. The van der Waals surface area contributed by atoms with Gasteiger partial charge in [-0.1, -0.05) is 31.4 Å². The summed E-state index contributed by atoms with van der Waals surface area (Å²) >= 11 is 3.46. The number of guanidine groups is 1. The summed E-state index contributed by atoms with van der Waals surface area (Å²) in [5.41, 5.74) is 5.04. The smallest absolute Gasteiger partial charge is 0.264 e. The number of rotatable bonds is 3. The normalized spacial score (nSPS) is 23.4. The molecule has 204 valence electrons. The molecular formula is C30H41N5OS2. The van der Waals surface area contributed by atoms with Crippen LogP contribution in [0.2, 0.25) is 0 Å². The van der Waals surface area contributed by atoms with E-state index in [9.17, 15) is 4.79 Å². The highest BCUT2D eigenvalue weighted by Crippen LogP contribution is 2.39. The second-order valence-corrected chi connectivity index (χ2v) is 13.4. The van der Waals surface area contributed by atoms with E-state index in [-0.39, 0.29) is 5.91 Å². The molecule has 6 rings (SSSR count). The standard InChI is InChI=1S/C30H41N5OS2/c1-37-29-26-11-7-3-6-10-25(26)27(38-29)28(36)34-14-12-22-20-23(13-15-34)32-30(31-21-22)35-18-16-33(17-19-35)24-8-4-2-5-9-24/h7,11,21,24H,2-6,8-10,12-20H2,1H3. The molecule has 0 spiro atoms. The number of aliphatic imine (C=N–C) groups is 2. The lowest BCUT2D eigenvalue weighted by Gasteiger charge is -2.41. The molecule has 2 saturated heterocycles. The van der Waals surface area contributed by atoms with Gasteiger partial charge in [0.1, 0.15) is 0 Å². The predicted octanol–water partition coefficient (Wildman–Crippen LogP) is 6.09. The van der Waals surface area contributed by atoms with Crippen molar-refractivity contribution in [1.29, 1.82) is 0 Å².